The lowest BCUT2D eigenvalue weighted by Gasteiger charge is -2.08. The molecule has 18 heavy (non-hydrogen) atoms. The normalized spacial score (nSPS) is 15.0. The fraction of sp³-hybridized carbons (Fsp3) is 0.429. The summed E-state index contributed by atoms with van der Waals surface area (Å²) in [5, 5.41) is 3.51. The van der Waals surface area contributed by atoms with Crippen molar-refractivity contribution in [1.82, 2.24) is 19.9 Å². The molecule has 1 N–H and O–H groups in total. The molecule has 1 aliphatic rings. The molecule has 0 radical (unpaired) electrons. The molecule has 2 heterocycles. The van der Waals surface area contributed by atoms with E-state index >= 15 is 0 Å². The predicted octanol–water partition coefficient (Wildman–Crippen LogP) is 2.14. The largest absolute Gasteiger partial charge is 0.310 e. The van der Waals surface area contributed by atoms with Crippen molar-refractivity contribution in [2.45, 2.75) is 39.3 Å². The van der Waals surface area contributed by atoms with Gasteiger partial charge in [0.1, 0.15) is 0 Å². The van der Waals surface area contributed by atoms with E-state index in [9.17, 15) is 0 Å². The molecule has 0 amide bonds. The summed E-state index contributed by atoms with van der Waals surface area (Å²) in [5.41, 5.74) is 4.55. The summed E-state index contributed by atoms with van der Waals surface area (Å²) in [6.45, 7) is 5.01. The number of aromatic nitrogens is 3. The smallest absolute Gasteiger partial charge is 0.0997 e. The van der Waals surface area contributed by atoms with Crippen LogP contribution in [0.2, 0.25) is 0 Å². The van der Waals surface area contributed by atoms with Gasteiger partial charge in [-0.1, -0.05) is 0 Å². The molecule has 0 aliphatic heterocycles. The van der Waals surface area contributed by atoms with E-state index in [2.05, 4.69) is 32.8 Å². The van der Waals surface area contributed by atoms with Crippen molar-refractivity contribution in [1.29, 1.82) is 0 Å². The minimum atomic E-state index is 0.728. The molecule has 4 nitrogen and oxygen atoms in total. The Hall–Kier alpha value is -1.68. The lowest BCUT2D eigenvalue weighted by atomic mass is 10.2. The summed E-state index contributed by atoms with van der Waals surface area (Å²) in [6.07, 6.45) is 8.30. The molecule has 2 aromatic rings. The Bertz CT molecular complexity index is 555. The van der Waals surface area contributed by atoms with Crippen LogP contribution < -0.4 is 5.32 Å². The van der Waals surface area contributed by atoms with Gasteiger partial charge in [0.25, 0.3) is 0 Å². The molecule has 2 aromatic heterocycles. The highest BCUT2D eigenvalue weighted by molar-refractivity contribution is 5.35. The maximum Gasteiger partial charge on any atom is 0.0997 e. The molecule has 0 unspecified atom stereocenters. The third-order valence-electron chi connectivity index (χ3n) is 3.48. The van der Waals surface area contributed by atoms with Crippen molar-refractivity contribution in [3.05, 3.63) is 41.7 Å². The summed E-state index contributed by atoms with van der Waals surface area (Å²) >= 11 is 0. The minimum absolute atomic E-state index is 0.728. The number of hydrogen-bond acceptors (Lipinski definition) is 3. The Labute approximate surface area is 107 Å². The molecular weight excluding hydrogens is 224 g/mol. The maximum atomic E-state index is 4.33. The van der Waals surface area contributed by atoms with Crippen molar-refractivity contribution >= 4 is 0 Å². The van der Waals surface area contributed by atoms with E-state index in [1.807, 2.05) is 25.6 Å². The number of hydrogen-bond donors (Lipinski definition) is 1. The highest BCUT2D eigenvalue weighted by Gasteiger charge is 2.20. The molecule has 94 valence electrons. The second-order valence-electron chi connectivity index (χ2n) is 4.99. The average Bonchev–Trinajstić information content (AvgIpc) is 3.15. The van der Waals surface area contributed by atoms with Gasteiger partial charge in [-0.15, -0.1) is 0 Å². The van der Waals surface area contributed by atoms with Crippen LogP contribution in [0.3, 0.4) is 0 Å². The fourth-order valence-electron chi connectivity index (χ4n) is 2.01. The molecule has 0 aromatic carbocycles. The molecule has 1 fully saturated rings. The van der Waals surface area contributed by atoms with Crippen LogP contribution in [0.25, 0.3) is 5.69 Å². The Morgan fingerprint density at radius 1 is 1.33 bits per heavy atom. The van der Waals surface area contributed by atoms with Crippen molar-refractivity contribution in [3.8, 4) is 5.69 Å². The van der Waals surface area contributed by atoms with Crippen LogP contribution in [0, 0.1) is 13.8 Å². The second kappa shape index (κ2) is 4.53. The summed E-state index contributed by atoms with van der Waals surface area (Å²) < 4.78 is 2.09. The summed E-state index contributed by atoms with van der Waals surface area (Å²) in [5.74, 6) is 0. The first-order valence-corrected chi connectivity index (χ1v) is 6.42. The van der Waals surface area contributed by atoms with Crippen LogP contribution in [-0.2, 0) is 6.54 Å². The van der Waals surface area contributed by atoms with E-state index in [4.69, 9.17) is 0 Å². The summed E-state index contributed by atoms with van der Waals surface area (Å²) in [7, 11) is 0. The highest BCUT2D eigenvalue weighted by atomic mass is 15.1. The Kier molecular flexibility index (Phi) is 2.88. The molecule has 0 saturated heterocycles. The Balaban J connectivity index is 1.83. The van der Waals surface area contributed by atoms with Crippen molar-refractivity contribution in [2.24, 2.45) is 0 Å². The number of rotatable bonds is 4. The Morgan fingerprint density at radius 3 is 2.83 bits per heavy atom. The van der Waals surface area contributed by atoms with Crippen LogP contribution in [0.1, 0.15) is 29.8 Å². The Morgan fingerprint density at radius 2 is 2.17 bits per heavy atom. The van der Waals surface area contributed by atoms with Gasteiger partial charge < -0.3 is 9.88 Å². The van der Waals surface area contributed by atoms with Crippen LogP contribution in [0.15, 0.2) is 24.8 Å². The number of imidazole rings is 1. The van der Waals surface area contributed by atoms with Gasteiger partial charge in [-0.05, 0) is 38.3 Å². The third kappa shape index (κ3) is 2.29. The quantitative estimate of drug-likeness (QED) is 0.893. The van der Waals surface area contributed by atoms with Gasteiger partial charge in [-0.2, -0.15) is 0 Å². The fourth-order valence-corrected chi connectivity index (χ4v) is 2.01. The van der Waals surface area contributed by atoms with Crippen LogP contribution in [0.4, 0.5) is 0 Å². The second-order valence-corrected chi connectivity index (χ2v) is 4.99. The van der Waals surface area contributed by atoms with E-state index in [-0.39, 0.29) is 0 Å². The molecular formula is C14H18N4. The van der Waals surface area contributed by atoms with Gasteiger partial charge >= 0.3 is 0 Å². The third-order valence-corrected chi connectivity index (χ3v) is 3.48. The van der Waals surface area contributed by atoms with E-state index in [0.717, 1.165) is 24.0 Å². The van der Waals surface area contributed by atoms with Gasteiger partial charge in [0.2, 0.25) is 0 Å². The molecule has 1 saturated carbocycles. The topological polar surface area (TPSA) is 42.7 Å². The van der Waals surface area contributed by atoms with Crippen LogP contribution >= 0.6 is 0 Å². The van der Waals surface area contributed by atoms with E-state index in [0.29, 0.717) is 0 Å². The van der Waals surface area contributed by atoms with Crippen molar-refractivity contribution in [2.75, 3.05) is 0 Å². The van der Waals surface area contributed by atoms with Gasteiger partial charge in [0.15, 0.2) is 0 Å². The van der Waals surface area contributed by atoms with E-state index < -0.39 is 0 Å². The zero-order valence-electron chi connectivity index (χ0n) is 10.8. The monoisotopic (exact) mass is 242 g/mol. The summed E-state index contributed by atoms with van der Waals surface area (Å²) in [6, 6.07) is 2.90. The zero-order valence-corrected chi connectivity index (χ0v) is 10.8. The number of nitrogens with zero attached hydrogens (tertiary/aromatic N) is 3. The number of aryl methyl sites for hydroxylation is 1. The first kappa shape index (κ1) is 11.4. The molecule has 0 atom stereocenters. The summed E-state index contributed by atoms with van der Waals surface area (Å²) in [4.78, 5) is 8.65. The van der Waals surface area contributed by atoms with Gasteiger partial charge in [0.05, 0.1) is 23.9 Å². The van der Waals surface area contributed by atoms with Gasteiger partial charge in [-0.25, -0.2) is 4.98 Å². The molecule has 0 spiro atoms. The highest BCUT2D eigenvalue weighted by Crippen LogP contribution is 2.20. The molecule has 3 rings (SSSR count). The van der Waals surface area contributed by atoms with Gasteiger partial charge in [0, 0.05) is 24.5 Å². The van der Waals surface area contributed by atoms with Crippen LogP contribution in [-0.4, -0.2) is 20.6 Å². The van der Waals surface area contributed by atoms with E-state index in [1.54, 1.807) is 0 Å². The first-order chi connectivity index (χ1) is 8.74. The standard InChI is InChI=1S/C14H18N4/c1-10-11(2)18(9-17-10)14-5-12(6-15-8-14)7-16-13-3-4-13/h5-6,8-9,13,16H,3-4,7H2,1-2H3. The van der Waals surface area contributed by atoms with Crippen molar-refractivity contribution in [3.63, 3.8) is 0 Å². The predicted molar refractivity (Wildman–Crippen MR) is 70.7 cm³/mol. The average molecular weight is 242 g/mol. The van der Waals surface area contributed by atoms with Gasteiger partial charge in [-0.3, -0.25) is 4.98 Å². The first-order valence-electron chi connectivity index (χ1n) is 6.42. The maximum absolute atomic E-state index is 4.33. The zero-order chi connectivity index (χ0) is 12.5. The number of pyridine rings is 1. The van der Waals surface area contributed by atoms with Crippen molar-refractivity contribution < 1.29 is 0 Å². The minimum Gasteiger partial charge on any atom is -0.310 e. The SMILES string of the molecule is Cc1ncn(-c2cncc(CNC3CC3)c2)c1C. The van der Waals surface area contributed by atoms with Crippen LogP contribution in [0.5, 0.6) is 0 Å². The molecule has 4 heteroatoms. The molecule has 0 bridgehead atoms. The molecule has 1 aliphatic carbocycles. The lowest BCUT2D eigenvalue weighted by molar-refractivity contribution is 0.685. The number of nitrogens with one attached hydrogen (secondary N) is 1. The van der Waals surface area contributed by atoms with E-state index in [1.165, 1.54) is 24.1 Å². The lowest BCUT2D eigenvalue weighted by Crippen LogP contribution is -2.15.